The van der Waals surface area contributed by atoms with Crippen molar-refractivity contribution in [2.45, 2.75) is 64.5 Å². The largest absolute Gasteiger partial charge is 0.369 e. The summed E-state index contributed by atoms with van der Waals surface area (Å²) in [6, 6.07) is 8.81. The van der Waals surface area contributed by atoms with E-state index < -0.39 is 17.2 Å². The highest BCUT2D eigenvalue weighted by molar-refractivity contribution is 6.22. The summed E-state index contributed by atoms with van der Waals surface area (Å²) in [5, 5.41) is 5.63. The van der Waals surface area contributed by atoms with Gasteiger partial charge in [-0.15, -0.1) is 0 Å². The van der Waals surface area contributed by atoms with Gasteiger partial charge in [-0.3, -0.25) is 29.5 Å². The van der Waals surface area contributed by atoms with E-state index in [0.29, 0.717) is 17.8 Å². The number of fused-ring (bicyclic) bond motifs is 1. The van der Waals surface area contributed by atoms with Gasteiger partial charge < -0.3 is 10.2 Å². The van der Waals surface area contributed by atoms with Gasteiger partial charge in [-0.1, -0.05) is 12.8 Å². The molecular weight excluding hydrogens is 482 g/mol. The van der Waals surface area contributed by atoms with Crippen LogP contribution in [-0.2, 0) is 20.8 Å². The molecule has 4 aliphatic rings. The fourth-order valence-electron chi connectivity index (χ4n) is 6.36. The first kappa shape index (κ1) is 24.8. The van der Waals surface area contributed by atoms with Gasteiger partial charge >= 0.3 is 0 Å². The summed E-state index contributed by atoms with van der Waals surface area (Å²) >= 11 is 0. The molecule has 1 aromatic heterocycles. The van der Waals surface area contributed by atoms with Crippen LogP contribution in [0.5, 0.6) is 0 Å². The topological polar surface area (TPSA) is 111 Å². The molecule has 0 radical (unpaired) electrons. The molecule has 3 amide bonds. The van der Waals surface area contributed by atoms with Crippen LogP contribution >= 0.6 is 0 Å². The Kier molecular flexibility index (Phi) is 6.29. The zero-order valence-corrected chi connectivity index (χ0v) is 22.1. The summed E-state index contributed by atoms with van der Waals surface area (Å²) in [4.78, 5) is 54.6. The molecule has 10 heteroatoms. The summed E-state index contributed by atoms with van der Waals surface area (Å²) in [6.07, 6.45) is 5.48. The highest BCUT2D eigenvalue weighted by Crippen LogP contribution is 2.44. The molecular formula is C28H35N7O3. The number of carbonyl (C=O) groups excluding carboxylic acids is 3. The lowest BCUT2D eigenvalue weighted by molar-refractivity contribution is -0.140. The molecule has 2 N–H and O–H groups in total. The van der Waals surface area contributed by atoms with E-state index >= 15 is 0 Å². The smallest absolute Gasteiger partial charge is 0.245 e. The summed E-state index contributed by atoms with van der Waals surface area (Å²) in [6.45, 7) is 8.63. The third-order valence-corrected chi connectivity index (χ3v) is 8.56. The zero-order chi connectivity index (χ0) is 26.4. The molecule has 2 aromatic rings. The zero-order valence-electron chi connectivity index (χ0n) is 22.1. The van der Waals surface area contributed by atoms with Gasteiger partial charge in [0.2, 0.25) is 23.7 Å². The van der Waals surface area contributed by atoms with Crippen molar-refractivity contribution in [2.24, 2.45) is 5.41 Å². The van der Waals surface area contributed by atoms with E-state index in [9.17, 15) is 14.4 Å². The van der Waals surface area contributed by atoms with Crippen molar-refractivity contribution in [1.82, 2.24) is 20.2 Å². The van der Waals surface area contributed by atoms with Crippen molar-refractivity contribution in [3.8, 4) is 0 Å². The second-order valence-electron chi connectivity index (χ2n) is 11.3. The summed E-state index contributed by atoms with van der Waals surface area (Å²) in [5.41, 5.74) is 1.39. The fraction of sp³-hybridized carbons (Fsp3) is 0.536. The first-order valence-electron chi connectivity index (χ1n) is 13.7. The van der Waals surface area contributed by atoms with Crippen LogP contribution in [0.4, 0.5) is 23.1 Å². The number of nitrogens with one attached hydrogen (secondary N) is 2. The monoisotopic (exact) mass is 517 g/mol. The lowest BCUT2D eigenvalue weighted by Gasteiger charge is -2.40. The van der Waals surface area contributed by atoms with Gasteiger partial charge in [-0.05, 0) is 51.0 Å². The van der Waals surface area contributed by atoms with Gasteiger partial charge in [0.15, 0.2) is 0 Å². The number of imide groups is 1. The maximum Gasteiger partial charge on any atom is 0.245 e. The van der Waals surface area contributed by atoms with E-state index in [1.807, 2.05) is 12.1 Å². The second-order valence-corrected chi connectivity index (χ2v) is 11.3. The standard InChI is InChI=1S/C28H35N7O3/c1-18(2)33-11-13-34(14-12-33)21-9-7-20(8-10-21)30-27-29-17-19-15-28(16-23(36)31-25(28)37)26(38)35(24(19)32-27)22-5-3-4-6-22/h7-10,17-18,22H,3-6,11-16H2,1-2H3,(H,29,30,32)(H,31,36,37). The third-order valence-electron chi connectivity index (χ3n) is 8.56. The number of amides is 3. The molecule has 1 unspecified atom stereocenters. The van der Waals surface area contributed by atoms with Gasteiger partial charge in [0.05, 0.1) is 6.42 Å². The number of rotatable bonds is 5. The Morgan fingerprint density at radius 3 is 2.34 bits per heavy atom. The number of hydrogen-bond donors (Lipinski definition) is 2. The average Bonchev–Trinajstić information content (AvgIpc) is 3.53. The lowest BCUT2D eigenvalue weighted by atomic mass is 9.76. The van der Waals surface area contributed by atoms with Crippen molar-refractivity contribution in [1.29, 1.82) is 0 Å². The van der Waals surface area contributed by atoms with E-state index in [1.54, 1.807) is 11.1 Å². The molecule has 1 atom stereocenters. The minimum atomic E-state index is -1.39. The van der Waals surface area contributed by atoms with E-state index in [0.717, 1.165) is 63.1 Å². The quantitative estimate of drug-likeness (QED) is 0.460. The Hall–Kier alpha value is -3.53. The Morgan fingerprint density at radius 1 is 1.00 bits per heavy atom. The molecule has 3 aliphatic heterocycles. The predicted octanol–water partition coefficient (Wildman–Crippen LogP) is 2.62. The minimum Gasteiger partial charge on any atom is -0.369 e. The highest BCUT2D eigenvalue weighted by atomic mass is 16.2. The average molecular weight is 518 g/mol. The van der Waals surface area contributed by atoms with Crippen LogP contribution in [0, 0.1) is 5.41 Å². The molecule has 1 saturated carbocycles. The Labute approximate surface area is 222 Å². The van der Waals surface area contributed by atoms with E-state index in [1.165, 1.54) is 5.69 Å². The van der Waals surface area contributed by atoms with Crippen molar-refractivity contribution >= 4 is 40.9 Å². The van der Waals surface area contributed by atoms with Crippen LogP contribution in [0.1, 0.15) is 51.5 Å². The van der Waals surface area contributed by atoms with Crippen LogP contribution in [0.15, 0.2) is 30.5 Å². The second kappa shape index (κ2) is 9.65. The molecule has 6 rings (SSSR count). The SMILES string of the molecule is CC(C)N1CCN(c2ccc(Nc3ncc4c(n3)N(C3CCCC3)C(=O)C3(CC(=O)NC3=O)C4)cc2)CC1. The molecule has 2 saturated heterocycles. The van der Waals surface area contributed by atoms with Crippen LogP contribution in [-0.4, -0.2) is 70.9 Å². The molecule has 10 nitrogen and oxygen atoms in total. The normalized spacial score (nSPS) is 24.4. The number of benzene rings is 1. The number of carbonyl (C=O) groups is 3. The molecule has 1 aromatic carbocycles. The number of piperazine rings is 1. The summed E-state index contributed by atoms with van der Waals surface area (Å²) < 4.78 is 0. The Balaban J connectivity index is 1.23. The van der Waals surface area contributed by atoms with Gasteiger partial charge in [0.1, 0.15) is 11.2 Å². The number of nitrogens with zero attached hydrogens (tertiary/aromatic N) is 5. The molecule has 38 heavy (non-hydrogen) atoms. The Morgan fingerprint density at radius 2 is 1.71 bits per heavy atom. The maximum atomic E-state index is 13.8. The van der Waals surface area contributed by atoms with Crippen LogP contribution in [0.25, 0.3) is 0 Å². The molecule has 3 fully saturated rings. The first-order valence-corrected chi connectivity index (χ1v) is 13.7. The molecule has 0 bridgehead atoms. The van der Waals surface area contributed by atoms with Crippen molar-refractivity contribution < 1.29 is 14.4 Å². The number of anilines is 4. The summed E-state index contributed by atoms with van der Waals surface area (Å²) in [5.74, 6) is -0.263. The number of aromatic nitrogens is 2. The summed E-state index contributed by atoms with van der Waals surface area (Å²) in [7, 11) is 0. The maximum absolute atomic E-state index is 13.8. The Bertz CT molecular complexity index is 1250. The van der Waals surface area contributed by atoms with Crippen molar-refractivity contribution in [3.05, 3.63) is 36.0 Å². The lowest BCUT2D eigenvalue weighted by Crippen LogP contribution is -2.56. The molecule has 200 valence electrons. The van der Waals surface area contributed by atoms with Crippen molar-refractivity contribution in [3.63, 3.8) is 0 Å². The molecule has 1 aliphatic carbocycles. The first-order chi connectivity index (χ1) is 18.3. The predicted molar refractivity (Wildman–Crippen MR) is 144 cm³/mol. The molecule has 4 heterocycles. The van der Waals surface area contributed by atoms with E-state index in [2.05, 4.69) is 51.4 Å². The minimum absolute atomic E-state index is 0.0277. The number of hydrogen-bond acceptors (Lipinski definition) is 8. The van der Waals surface area contributed by atoms with Crippen LogP contribution in [0.2, 0.25) is 0 Å². The van der Waals surface area contributed by atoms with Crippen LogP contribution < -0.4 is 20.4 Å². The van der Waals surface area contributed by atoms with E-state index in [-0.39, 0.29) is 24.8 Å². The van der Waals surface area contributed by atoms with Crippen molar-refractivity contribution in [2.75, 3.05) is 41.3 Å². The molecule has 1 spiro atoms. The fourth-order valence-corrected chi connectivity index (χ4v) is 6.36. The van der Waals surface area contributed by atoms with Gasteiger partial charge in [0.25, 0.3) is 0 Å². The highest BCUT2D eigenvalue weighted by Gasteiger charge is 2.58. The van der Waals surface area contributed by atoms with Gasteiger partial charge in [0, 0.05) is 67.8 Å². The van der Waals surface area contributed by atoms with Gasteiger partial charge in [-0.25, -0.2) is 4.98 Å². The van der Waals surface area contributed by atoms with E-state index in [4.69, 9.17) is 4.98 Å². The van der Waals surface area contributed by atoms with Gasteiger partial charge in [-0.2, -0.15) is 4.98 Å². The van der Waals surface area contributed by atoms with Crippen LogP contribution in [0.3, 0.4) is 0 Å². The third kappa shape index (κ3) is 4.30.